The minimum absolute atomic E-state index is 0.173. The van der Waals surface area contributed by atoms with Gasteiger partial charge in [-0.05, 0) is 31.5 Å². The summed E-state index contributed by atoms with van der Waals surface area (Å²) in [6.07, 6.45) is 0.445. The number of rotatable bonds is 3. The summed E-state index contributed by atoms with van der Waals surface area (Å²) in [6.45, 7) is 6.74. The van der Waals surface area contributed by atoms with Gasteiger partial charge in [0.2, 0.25) is 11.9 Å². The molecular formula is C23H24N6O. The monoisotopic (exact) mass is 400 g/mol. The number of nitrogens with zero attached hydrogens (tertiary/aromatic N) is 6. The van der Waals surface area contributed by atoms with Crippen molar-refractivity contribution in [3.63, 3.8) is 0 Å². The lowest BCUT2D eigenvalue weighted by molar-refractivity contribution is -0.130. The van der Waals surface area contributed by atoms with Crippen LogP contribution in [0, 0.1) is 13.8 Å². The standard InChI is InChI=1S/C23H24N6O/c1-16-7-9-18(10-8-16)15-21(30)27-11-13-28(14-12-27)23-25-20-6-4-3-5-19(20)22-24-17(2)26-29(22)23/h3-10H,11-15H2,1-2H3. The van der Waals surface area contributed by atoms with Crippen LogP contribution >= 0.6 is 0 Å². The molecule has 7 heteroatoms. The molecule has 0 unspecified atom stereocenters. The second kappa shape index (κ2) is 7.40. The van der Waals surface area contributed by atoms with E-state index in [9.17, 15) is 4.79 Å². The Morgan fingerprint density at radius 1 is 0.933 bits per heavy atom. The third-order valence-corrected chi connectivity index (χ3v) is 5.66. The fourth-order valence-electron chi connectivity index (χ4n) is 4.00. The normalized spacial score (nSPS) is 14.6. The van der Waals surface area contributed by atoms with Crippen molar-refractivity contribution in [2.45, 2.75) is 20.3 Å². The van der Waals surface area contributed by atoms with Gasteiger partial charge in [-0.3, -0.25) is 4.79 Å². The molecule has 152 valence electrons. The SMILES string of the molecule is Cc1ccc(CC(=O)N2CCN(c3nc4ccccc4c4nc(C)nn34)CC2)cc1. The largest absolute Gasteiger partial charge is 0.339 e. The first-order valence-corrected chi connectivity index (χ1v) is 10.3. The predicted octanol–water partition coefficient (Wildman–Crippen LogP) is 2.79. The zero-order valence-corrected chi connectivity index (χ0v) is 17.2. The molecule has 7 nitrogen and oxygen atoms in total. The van der Waals surface area contributed by atoms with Gasteiger partial charge in [-0.15, -0.1) is 5.10 Å². The van der Waals surface area contributed by atoms with Crippen molar-refractivity contribution in [3.05, 3.63) is 65.5 Å². The van der Waals surface area contributed by atoms with Gasteiger partial charge in [0, 0.05) is 31.6 Å². The summed E-state index contributed by atoms with van der Waals surface area (Å²) >= 11 is 0. The van der Waals surface area contributed by atoms with Crippen molar-refractivity contribution in [1.29, 1.82) is 0 Å². The number of carbonyl (C=O) groups is 1. The Labute approximate surface area is 175 Å². The second-order valence-corrected chi connectivity index (χ2v) is 7.85. The van der Waals surface area contributed by atoms with Gasteiger partial charge in [-0.2, -0.15) is 4.52 Å². The van der Waals surface area contributed by atoms with Crippen LogP contribution in [0.5, 0.6) is 0 Å². The quantitative estimate of drug-likeness (QED) is 0.529. The number of para-hydroxylation sites is 1. The van der Waals surface area contributed by atoms with Crippen molar-refractivity contribution in [2.75, 3.05) is 31.1 Å². The fourth-order valence-corrected chi connectivity index (χ4v) is 4.00. The number of hydrogen-bond acceptors (Lipinski definition) is 5. The average Bonchev–Trinajstić information content (AvgIpc) is 3.16. The molecule has 2 aromatic carbocycles. The molecular weight excluding hydrogens is 376 g/mol. The molecule has 3 heterocycles. The van der Waals surface area contributed by atoms with Crippen LogP contribution in [-0.4, -0.2) is 56.6 Å². The van der Waals surface area contributed by atoms with Crippen molar-refractivity contribution < 1.29 is 4.79 Å². The van der Waals surface area contributed by atoms with Crippen LogP contribution in [0.3, 0.4) is 0 Å². The summed E-state index contributed by atoms with van der Waals surface area (Å²) in [4.78, 5) is 26.4. The lowest BCUT2D eigenvalue weighted by Gasteiger charge is -2.35. The highest BCUT2D eigenvalue weighted by Crippen LogP contribution is 2.23. The maximum Gasteiger partial charge on any atom is 0.229 e. The Balaban J connectivity index is 1.35. The Morgan fingerprint density at radius 2 is 1.67 bits per heavy atom. The first-order chi connectivity index (χ1) is 14.6. The third kappa shape index (κ3) is 3.36. The molecule has 0 aliphatic carbocycles. The minimum atomic E-state index is 0.173. The Bertz CT molecular complexity index is 1220. The van der Waals surface area contributed by atoms with Gasteiger partial charge in [0.1, 0.15) is 5.82 Å². The van der Waals surface area contributed by atoms with Crippen molar-refractivity contribution >= 4 is 28.4 Å². The van der Waals surface area contributed by atoms with E-state index in [1.807, 2.05) is 52.7 Å². The van der Waals surface area contributed by atoms with Crippen LogP contribution in [-0.2, 0) is 11.2 Å². The summed E-state index contributed by atoms with van der Waals surface area (Å²) in [7, 11) is 0. The van der Waals surface area contributed by atoms with Gasteiger partial charge >= 0.3 is 0 Å². The maximum absolute atomic E-state index is 12.8. The summed E-state index contributed by atoms with van der Waals surface area (Å²) in [5.41, 5.74) is 4.00. The van der Waals surface area contributed by atoms with Crippen LogP contribution in [0.15, 0.2) is 48.5 Å². The molecule has 4 aromatic rings. The number of aryl methyl sites for hydroxylation is 2. The first kappa shape index (κ1) is 18.5. The van der Waals surface area contributed by atoms with E-state index in [1.54, 1.807) is 0 Å². The molecule has 1 fully saturated rings. The Hall–Kier alpha value is -3.48. The number of carbonyl (C=O) groups excluding carboxylic acids is 1. The molecule has 1 aliphatic heterocycles. The van der Waals surface area contributed by atoms with Gasteiger partial charge in [0.25, 0.3) is 0 Å². The minimum Gasteiger partial charge on any atom is -0.339 e. The second-order valence-electron chi connectivity index (χ2n) is 7.85. The zero-order chi connectivity index (χ0) is 20.7. The van der Waals surface area contributed by atoms with E-state index in [-0.39, 0.29) is 5.91 Å². The van der Waals surface area contributed by atoms with E-state index in [0.717, 1.165) is 47.0 Å². The van der Waals surface area contributed by atoms with E-state index in [2.05, 4.69) is 34.0 Å². The zero-order valence-electron chi connectivity index (χ0n) is 17.2. The lowest BCUT2D eigenvalue weighted by Crippen LogP contribution is -2.50. The average molecular weight is 400 g/mol. The van der Waals surface area contributed by atoms with Gasteiger partial charge in [-0.1, -0.05) is 42.0 Å². The summed E-state index contributed by atoms with van der Waals surface area (Å²) < 4.78 is 1.83. The van der Waals surface area contributed by atoms with E-state index >= 15 is 0 Å². The molecule has 1 aliphatic rings. The molecule has 30 heavy (non-hydrogen) atoms. The number of hydrogen-bond donors (Lipinski definition) is 0. The molecule has 2 aromatic heterocycles. The number of benzene rings is 2. The molecule has 1 saturated heterocycles. The summed E-state index contributed by atoms with van der Waals surface area (Å²) in [6, 6.07) is 16.2. The Kier molecular flexibility index (Phi) is 4.58. The van der Waals surface area contributed by atoms with Crippen LogP contribution in [0.2, 0.25) is 0 Å². The molecule has 1 amide bonds. The highest BCUT2D eigenvalue weighted by molar-refractivity contribution is 5.92. The molecule has 0 bridgehead atoms. The summed E-state index contributed by atoms with van der Waals surface area (Å²) in [5.74, 6) is 1.68. The third-order valence-electron chi connectivity index (χ3n) is 5.66. The van der Waals surface area contributed by atoms with E-state index in [0.29, 0.717) is 19.5 Å². The topological polar surface area (TPSA) is 66.6 Å². The van der Waals surface area contributed by atoms with Crippen molar-refractivity contribution in [1.82, 2.24) is 24.5 Å². The van der Waals surface area contributed by atoms with Gasteiger partial charge in [0.15, 0.2) is 5.65 Å². The Morgan fingerprint density at radius 3 is 2.43 bits per heavy atom. The van der Waals surface area contributed by atoms with E-state index in [1.165, 1.54) is 5.56 Å². The molecule has 0 saturated carbocycles. The maximum atomic E-state index is 12.8. The van der Waals surface area contributed by atoms with Gasteiger partial charge in [-0.25, -0.2) is 9.97 Å². The number of anilines is 1. The highest BCUT2D eigenvalue weighted by Gasteiger charge is 2.24. The molecule has 0 spiro atoms. The smallest absolute Gasteiger partial charge is 0.229 e. The van der Waals surface area contributed by atoms with E-state index in [4.69, 9.17) is 4.98 Å². The van der Waals surface area contributed by atoms with Crippen molar-refractivity contribution in [2.24, 2.45) is 0 Å². The van der Waals surface area contributed by atoms with Crippen molar-refractivity contribution in [3.8, 4) is 0 Å². The molecule has 0 atom stereocenters. The number of amides is 1. The van der Waals surface area contributed by atoms with Crippen LogP contribution in [0.4, 0.5) is 5.95 Å². The van der Waals surface area contributed by atoms with Gasteiger partial charge < -0.3 is 9.80 Å². The molecule has 0 radical (unpaired) electrons. The van der Waals surface area contributed by atoms with Gasteiger partial charge in [0.05, 0.1) is 11.9 Å². The first-order valence-electron chi connectivity index (χ1n) is 10.3. The summed E-state index contributed by atoms with van der Waals surface area (Å²) in [5, 5.41) is 5.57. The van der Waals surface area contributed by atoms with Crippen LogP contribution in [0.1, 0.15) is 17.0 Å². The number of fused-ring (bicyclic) bond motifs is 3. The van der Waals surface area contributed by atoms with E-state index < -0.39 is 0 Å². The molecule has 5 rings (SSSR count). The highest BCUT2D eigenvalue weighted by atomic mass is 16.2. The predicted molar refractivity (Wildman–Crippen MR) is 117 cm³/mol. The molecule has 0 N–H and O–H groups in total. The number of piperazine rings is 1. The lowest BCUT2D eigenvalue weighted by atomic mass is 10.1. The fraction of sp³-hybridized carbons (Fsp3) is 0.304. The van der Waals surface area contributed by atoms with Crippen LogP contribution < -0.4 is 4.90 Å². The van der Waals surface area contributed by atoms with Crippen LogP contribution in [0.25, 0.3) is 16.6 Å². The number of aromatic nitrogens is 4.